The third-order valence-electron chi connectivity index (χ3n) is 3.02. The van der Waals surface area contributed by atoms with Gasteiger partial charge in [-0.25, -0.2) is 0 Å². The average Bonchev–Trinajstić information content (AvgIpc) is 2.27. The highest BCUT2D eigenvalue weighted by Crippen LogP contribution is 2.12. The van der Waals surface area contributed by atoms with E-state index in [9.17, 15) is 4.79 Å². The molecule has 0 aromatic heterocycles. The second-order valence-electron chi connectivity index (χ2n) is 4.99. The quantitative estimate of drug-likeness (QED) is 0.776. The minimum atomic E-state index is -0.298. The highest BCUT2D eigenvalue weighted by molar-refractivity contribution is 5.81. The van der Waals surface area contributed by atoms with Crippen LogP contribution < -0.4 is 5.32 Å². The summed E-state index contributed by atoms with van der Waals surface area (Å²) in [5.41, 5.74) is 0. The van der Waals surface area contributed by atoms with E-state index in [1.54, 1.807) is 0 Å². The number of amides is 1. The largest absolute Gasteiger partial charge is 0.366 e. The van der Waals surface area contributed by atoms with Crippen LogP contribution in [0.15, 0.2) is 0 Å². The van der Waals surface area contributed by atoms with E-state index in [4.69, 9.17) is 4.74 Å². The Kier molecular flexibility index (Phi) is 5.22. The molecule has 1 aliphatic rings. The van der Waals surface area contributed by atoms with Gasteiger partial charge in [-0.2, -0.15) is 0 Å². The number of nitrogens with zero attached hydrogens (tertiary/aromatic N) is 1. The van der Waals surface area contributed by atoms with E-state index in [0.717, 1.165) is 13.0 Å². The second kappa shape index (κ2) is 6.21. The van der Waals surface area contributed by atoms with Crippen molar-refractivity contribution in [3.8, 4) is 0 Å². The van der Waals surface area contributed by atoms with Crippen LogP contribution in [0.1, 0.15) is 27.2 Å². The van der Waals surface area contributed by atoms with Gasteiger partial charge >= 0.3 is 0 Å². The highest BCUT2D eigenvalue weighted by Gasteiger charge is 2.27. The molecule has 0 aliphatic carbocycles. The van der Waals surface area contributed by atoms with Crippen LogP contribution in [0.5, 0.6) is 0 Å². The summed E-state index contributed by atoms with van der Waals surface area (Å²) in [5, 5.41) is 3.18. The molecule has 0 radical (unpaired) electrons. The van der Waals surface area contributed by atoms with Gasteiger partial charge in [-0.05, 0) is 19.3 Å². The summed E-state index contributed by atoms with van der Waals surface area (Å²) in [5.74, 6) is 0.705. The fourth-order valence-electron chi connectivity index (χ4n) is 2.01. The lowest BCUT2D eigenvalue weighted by atomic mass is 10.0. The maximum Gasteiger partial charge on any atom is 0.253 e. The van der Waals surface area contributed by atoms with E-state index in [-0.39, 0.29) is 18.1 Å². The van der Waals surface area contributed by atoms with Crippen molar-refractivity contribution < 1.29 is 9.53 Å². The Labute approximate surface area is 98.3 Å². The Morgan fingerprint density at radius 3 is 2.69 bits per heavy atom. The number of carbonyl (C=O) groups is 1. The zero-order chi connectivity index (χ0) is 12.1. The Morgan fingerprint density at radius 1 is 1.50 bits per heavy atom. The Balaban J connectivity index is 2.45. The molecule has 4 heteroatoms. The SMILES string of the molecule is CC(C)CC(C)N(C)C(=O)C1CNCCO1. The lowest BCUT2D eigenvalue weighted by Crippen LogP contribution is -2.50. The van der Waals surface area contributed by atoms with Crippen molar-refractivity contribution in [1.29, 1.82) is 0 Å². The van der Waals surface area contributed by atoms with E-state index in [0.29, 0.717) is 19.1 Å². The monoisotopic (exact) mass is 228 g/mol. The van der Waals surface area contributed by atoms with Gasteiger partial charge in [0.1, 0.15) is 6.10 Å². The molecular formula is C12H24N2O2. The molecule has 2 unspecified atom stereocenters. The molecule has 1 amide bonds. The number of nitrogens with one attached hydrogen (secondary N) is 1. The van der Waals surface area contributed by atoms with Gasteiger partial charge in [0.25, 0.3) is 5.91 Å². The van der Waals surface area contributed by atoms with Crippen LogP contribution in [0.25, 0.3) is 0 Å². The van der Waals surface area contributed by atoms with E-state index >= 15 is 0 Å². The van der Waals surface area contributed by atoms with Crippen molar-refractivity contribution >= 4 is 5.91 Å². The molecule has 1 rings (SSSR count). The lowest BCUT2D eigenvalue weighted by Gasteiger charge is -2.31. The third-order valence-corrected chi connectivity index (χ3v) is 3.02. The molecule has 1 fully saturated rings. The summed E-state index contributed by atoms with van der Waals surface area (Å²) in [4.78, 5) is 13.9. The average molecular weight is 228 g/mol. The first-order valence-electron chi connectivity index (χ1n) is 6.11. The predicted molar refractivity (Wildman–Crippen MR) is 64.3 cm³/mol. The summed E-state index contributed by atoms with van der Waals surface area (Å²) in [6.45, 7) is 8.55. The summed E-state index contributed by atoms with van der Waals surface area (Å²) in [6.07, 6.45) is 0.732. The fourth-order valence-corrected chi connectivity index (χ4v) is 2.01. The van der Waals surface area contributed by atoms with Gasteiger partial charge < -0.3 is 15.0 Å². The van der Waals surface area contributed by atoms with Crippen LogP contribution >= 0.6 is 0 Å². The summed E-state index contributed by atoms with van der Waals surface area (Å²) >= 11 is 0. The molecule has 0 saturated carbocycles. The molecule has 4 nitrogen and oxygen atoms in total. The molecule has 0 aromatic rings. The molecule has 0 bridgehead atoms. The van der Waals surface area contributed by atoms with Crippen molar-refractivity contribution in [3.05, 3.63) is 0 Å². The zero-order valence-corrected chi connectivity index (χ0v) is 10.8. The van der Waals surface area contributed by atoms with Gasteiger partial charge in [-0.15, -0.1) is 0 Å². The summed E-state index contributed by atoms with van der Waals surface area (Å²) < 4.78 is 5.46. The second-order valence-corrected chi connectivity index (χ2v) is 4.99. The number of hydrogen-bond donors (Lipinski definition) is 1. The maximum absolute atomic E-state index is 12.1. The van der Waals surface area contributed by atoms with Crippen LogP contribution in [0.2, 0.25) is 0 Å². The van der Waals surface area contributed by atoms with Crippen LogP contribution in [-0.4, -0.2) is 49.7 Å². The van der Waals surface area contributed by atoms with Crippen LogP contribution in [0, 0.1) is 5.92 Å². The van der Waals surface area contributed by atoms with E-state index in [1.807, 2.05) is 11.9 Å². The number of carbonyl (C=O) groups excluding carboxylic acids is 1. The molecule has 16 heavy (non-hydrogen) atoms. The topological polar surface area (TPSA) is 41.6 Å². The molecule has 0 spiro atoms. The molecule has 1 N–H and O–H groups in total. The van der Waals surface area contributed by atoms with Gasteiger partial charge in [-0.3, -0.25) is 4.79 Å². The number of likely N-dealkylation sites (N-methyl/N-ethyl adjacent to an activating group) is 1. The standard InChI is InChI=1S/C12H24N2O2/c1-9(2)7-10(3)14(4)12(15)11-8-13-5-6-16-11/h9-11,13H,5-8H2,1-4H3. The van der Waals surface area contributed by atoms with Crippen molar-refractivity contribution in [2.45, 2.75) is 39.3 Å². The summed E-state index contributed by atoms with van der Waals surface area (Å²) in [7, 11) is 1.87. The molecule has 2 atom stereocenters. The summed E-state index contributed by atoms with van der Waals surface area (Å²) in [6, 6.07) is 0.276. The van der Waals surface area contributed by atoms with Crippen LogP contribution in [0.3, 0.4) is 0 Å². The maximum atomic E-state index is 12.1. The number of rotatable bonds is 4. The lowest BCUT2D eigenvalue weighted by molar-refractivity contribution is -0.145. The first kappa shape index (κ1) is 13.5. The first-order chi connectivity index (χ1) is 7.52. The van der Waals surface area contributed by atoms with Crippen molar-refractivity contribution in [1.82, 2.24) is 10.2 Å². The first-order valence-corrected chi connectivity index (χ1v) is 6.11. The van der Waals surface area contributed by atoms with Gasteiger partial charge in [0.15, 0.2) is 0 Å². The van der Waals surface area contributed by atoms with Gasteiger partial charge in [0.2, 0.25) is 0 Å². The predicted octanol–water partition coefficient (Wildman–Crippen LogP) is 0.868. The van der Waals surface area contributed by atoms with Crippen molar-refractivity contribution in [2.24, 2.45) is 5.92 Å². The van der Waals surface area contributed by atoms with Gasteiger partial charge in [0.05, 0.1) is 6.61 Å². The molecule has 1 saturated heterocycles. The Bertz CT molecular complexity index is 225. The minimum Gasteiger partial charge on any atom is -0.366 e. The van der Waals surface area contributed by atoms with Gasteiger partial charge in [-0.1, -0.05) is 13.8 Å². The van der Waals surface area contributed by atoms with Crippen LogP contribution in [0.4, 0.5) is 0 Å². The van der Waals surface area contributed by atoms with Crippen LogP contribution in [-0.2, 0) is 9.53 Å². The smallest absolute Gasteiger partial charge is 0.253 e. The van der Waals surface area contributed by atoms with E-state index in [1.165, 1.54) is 0 Å². The number of ether oxygens (including phenoxy) is 1. The number of hydrogen-bond acceptors (Lipinski definition) is 3. The van der Waals surface area contributed by atoms with Gasteiger partial charge in [0, 0.05) is 26.2 Å². The normalized spacial score (nSPS) is 23.2. The number of morpholine rings is 1. The van der Waals surface area contributed by atoms with E-state index < -0.39 is 0 Å². The van der Waals surface area contributed by atoms with E-state index in [2.05, 4.69) is 26.1 Å². The zero-order valence-electron chi connectivity index (χ0n) is 10.8. The fraction of sp³-hybridized carbons (Fsp3) is 0.917. The molecule has 1 heterocycles. The Morgan fingerprint density at radius 2 is 2.19 bits per heavy atom. The molecule has 94 valence electrons. The Hall–Kier alpha value is -0.610. The highest BCUT2D eigenvalue weighted by atomic mass is 16.5. The molecular weight excluding hydrogens is 204 g/mol. The van der Waals surface area contributed by atoms with Crippen molar-refractivity contribution in [3.63, 3.8) is 0 Å². The molecule has 0 aromatic carbocycles. The minimum absolute atomic E-state index is 0.0975. The third kappa shape index (κ3) is 3.76. The van der Waals surface area contributed by atoms with Crippen molar-refractivity contribution in [2.75, 3.05) is 26.7 Å². The molecule has 1 aliphatic heterocycles.